The van der Waals surface area contributed by atoms with Crippen molar-refractivity contribution >= 4 is 33.2 Å². The number of nitrogens with zero attached hydrogens (tertiary/aromatic N) is 2. The zero-order valence-corrected chi connectivity index (χ0v) is 16.0. The van der Waals surface area contributed by atoms with E-state index in [2.05, 4.69) is 0 Å². The average Bonchev–Trinajstić information content (AvgIpc) is 3.27. The van der Waals surface area contributed by atoms with Crippen LogP contribution in [0.5, 0.6) is 0 Å². The summed E-state index contributed by atoms with van der Waals surface area (Å²) in [4.78, 5) is 27.6. The number of fused-ring (bicyclic) bond motifs is 1. The normalized spacial score (nSPS) is 27.9. The summed E-state index contributed by atoms with van der Waals surface area (Å²) < 4.78 is 27.0. The van der Waals surface area contributed by atoms with E-state index < -0.39 is 10.0 Å². The lowest BCUT2D eigenvalue weighted by molar-refractivity contribution is -0.910. The van der Waals surface area contributed by atoms with Crippen LogP contribution in [0.1, 0.15) is 12.8 Å². The number of nitrogens with one attached hydrogen (secondary N) is 1. The van der Waals surface area contributed by atoms with Crippen molar-refractivity contribution in [3.63, 3.8) is 0 Å². The van der Waals surface area contributed by atoms with Crippen LogP contribution in [0.4, 0.5) is 0 Å². The fraction of sp³-hybridized carbons (Fsp3) is 0.529. The molecule has 2 aliphatic heterocycles. The van der Waals surface area contributed by atoms with Gasteiger partial charge >= 0.3 is 0 Å². The summed E-state index contributed by atoms with van der Waals surface area (Å²) in [7, 11) is -3.43. The number of imide groups is 1. The Morgan fingerprint density at radius 3 is 2.23 bits per heavy atom. The molecule has 9 heteroatoms. The highest BCUT2D eigenvalue weighted by Gasteiger charge is 2.48. The minimum Gasteiger partial charge on any atom is -0.315 e. The Balaban J connectivity index is 1.37. The molecule has 3 heterocycles. The molecule has 0 bridgehead atoms. The molecule has 0 radical (unpaired) electrons. The lowest BCUT2D eigenvalue weighted by Gasteiger charge is -2.32. The molecule has 3 aliphatic rings. The Kier molecular flexibility index (Phi) is 4.72. The summed E-state index contributed by atoms with van der Waals surface area (Å²) in [6, 6.07) is 3.36. The monoisotopic (exact) mass is 396 g/mol. The molecule has 1 aromatic heterocycles. The van der Waals surface area contributed by atoms with Crippen LogP contribution in [0.15, 0.2) is 33.9 Å². The van der Waals surface area contributed by atoms with Crippen LogP contribution < -0.4 is 4.90 Å². The van der Waals surface area contributed by atoms with Crippen molar-refractivity contribution in [2.75, 3.05) is 32.8 Å². The van der Waals surface area contributed by atoms with Gasteiger partial charge in [-0.2, -0.15) is 4.31 Å². The summed E-state index contributed by atoms with van der Waals surface area (Å²) in [6.45, 7) is 2.34. The Labute approximate surface area is 156 Å². The number of thiophene rings is 1. The van der Waals surface area contributed by atoms with E-state index in [1.165, 1.54) is 20.5 Å². The van der Waals surface area contributed by atoms with Crippen LogP contribution in [-0.2, 0) is 19.6 Å². The van der Waals surface area contributed by atoms with E-state index in [4.69, 9.17) is 0 Å². The Morgan fingerprint density at radius 2 is 1.69 bits per heavy atom. The third-order valence-corrected chi connectivity index (χ3v) is 8.77. The molecule has 2 fully saturated rings. The van der Waals surface area contributed by atoms with Crippen LogP contribution >= 0.6 is 11.3 Å². The molecule has 7 nitrogen and oxygen atoms in total. The molecular weight excluding hydrogens is 374 g/mol. The first-order valence-electron chi connectivity index (χ1n) is 8.86. The van der Waals surface area contributed by atoms with E-state index in [-0.39, 0.29) is 23.7 Å². The molecule has 0 spiro atoms. The van der Waals surface area contributed by atoms with Crippen LogP contribution in [0.2, 0.25) is 0 Å². The Bertz CT molecular complexity index is 800. The number of amides is 2. The maximum atomic E-state index is 12.6. The van der Waals surface area contributed by atoms with Crippen molar-refractivity contribution in [2.24, 2.45) is 11.8 Å². The molecule has 0 aromatic carbocycles. The number of carbonyl (C=O) groups is 2. The van der Waals surface area contributed by atoms with Gasteiger partial charge in [0.05, 0.1) is 38.0 Å². The first-order chi connectivity index (χ1) is 12.5. The SMILES string of the molecule is O=C1[C@@H]2CC=CC[C@H]2C(=O)N1C[NH+]1CCN(S(=O)(=O)c2cccs2)CC1. The van der Waals surface area contributed by atoms with Gasteiger partial charge in [0.1, 0.15) is 4.21 Å². The van der Waals surface area contributed by atoms with Crippen molar-refractivity contribution in [1.29, 1.82) is 0 Å². The summed E-state index contributed by atoms with van der Waals surface area (Å²) in [6.07, 6.45) is 5.26. The smallest absolute Gasteiger partial charge is 0.252 e. The Morgan fingerprint density at radius 1 is 1.08 bits per heavy atom. The van der Waals surface area contributed by atoms with E-state index in [1.54, 1.807) is 17.5 Å². The lowest BCUT2D eigenvalue weighted by atomic mass is 9.85. The zero-order chi connectivity index (χ0) is 18.3. The summed E-state index contributed by atoms with van der Waals surface area (Å²) >= 11 is 1.22. The molecule has 140 valence electrons. The second-order valence-corrected chi connectivity index (χ2v) is 10.1. The second-order valence-electron chi connectivity index (χ2n) is 7.00. The van der Waals surface area contributed by atoms with Crippen molar-refractivity contribution in [2.45, 2.75) is 17.1 Å². The fourth-order valence-electron chi connectivity index (χ4n) is 3.99. The molecule has 1 N–H and O–H groups in total. The van der Waals surface area contributed by atoms with Crippen molar-refractivity contribution < 1.29 is 22.9 Å². The summed E-state index contributed by atoms with van der Waals surface area (Å²) in [5, 5.41) is 1.76. The zero-order valence-electron chi connectivity index (χ0n) is 14.3. The minimum absolute atomic E-state index is 0.0644. The average molecular weight is 397 g/mol. The van der Waals surface area contributed by atoms with E-state index in [1.807, 2.05) is 12.2 Å². The van der Waals surface area contributed by atoms with Gasteiger partial charge in [-0.15, -0.1) is 11.3 Å². The van der Waals surface area contributed by atoms with Crippen molar-refractivity contribution in [3.8, 4) is 0 Å². The third kappa shape index (κ3) is 3.02. The first-order valence-corrected chi connectivity index (χ1v) is 11.2. The molecule has 4 rings (SSSR count). The van der Waals surface area contributed by atoms with Gasteiger partial charge in [0, 0.05) is 0 Å². The highest BCUT2D eigenvalue weighted by atomic mass is 32.2. The third-order valence-electron chi connectivity index (χ3n) is 5.50. The molecule has 2 saturated heterocycles. The van der Waals surface area contributed by atoms with Gasteiger partial charge in [-0.1, -0.05) is 18.2 Å². The predicted molar refractivity (Wildman–Crippen MR) is 95.8 cm³/mol. The molecule has 1 aromatic rings. The van der Waals surface area contributed by atoms with Crippen LogP contribution in [0.3, 0.4) is 0 Å². The number of quaternary nitrogens is 1. The number of rotatable bonds is 4. The van der Waals surface area contributed by atoms with Gasteiger partial charge < -0.3 is 4.90 Å². The van der Waals surface area contributed by atoms with E-state index >= 15 is 0 Å². The number of hydrogen-bond donors (Lipinski definition) is 1. The molecule has 1 aliphatic carbocycles. The van der Waals surface area contributed by atoms with E-state index in [0.717, 1.165) is 4.90 Å². The first kappa shape index (κ1) is 17.8. The van der Waals surface area contributed by atoms with Gasteiger partial charge in [0.2, 0.25) is 11.8 Å². The number of hydrogen-bond acceptors (Lipinski definition) is 5. The summed E-state index contributed by atoms with van der Waals surface area (Å²) in [5.41, 5.74) is 0. The Hall–Kier alpha value is -1.55. The number of carbonyl (C=O) groups excluding carboxylic acids is 2. The second kappa shape index (κ2) is 6.88. The maximum absolute atomic E-state index is 12.6. The quantitative estimate of drug-likeness (QED) is 0.552. The number of likely N-dealkylation sites (tertiary alicyclic amines) is 1. The molecular formula is C17H22N3O4S2+. The lowest BCUT2D eigenvalue weighted by Crippen LogP contribution is -3.16. The van der Waals surface area contributed by atoms with Gasteiger partial charge in [0.15, 0.2) is 6.67 Å². The van der Waals surface area contributed by atoms with Gasteiger partial charge in [-0.25, -0.2) is 13.3 Å². The topological polar surface area (TPSA) is 79.2 Å². The van der Waals surface area contributed by atoms with Gasteiger partial charge in [-0.05, 0) is 24.3 Å². The predicted octanol–water partition coefficient (Wildman–Crippen LogP) is -0.454. The fourth-order valence-corrected chi connectivity index (χ4v) is 6.57. The molecule has 2 amide bonds. The highest BCUT2D eigenvalue weighted by molar-refractivity contribution is 7.91. The number of sulfonamides is 1. The molecule has 0 unspecified atom stereocenters. The number of piperazine rings is 1. The van der Waals surface area contributed by atoms with E-state index in [0.29, 0.717) is 49.9 Å². The van der Waals surface area contributed by atoms with Crippen LogP contribution in [0.25, 0.3) is 0 Å². The van der Waals surface area contributed by atoms with Crippen molar-refractivity contribution in [1.82, 2.24) is 9.21 Å². The standard InChI is InChI=1S/C17H21N3O4S2/c21-16-13-4-1-2-5-14(13)17(22)20(16)12-18-7-9-19(10-8-18)26(23,24)15-6-3-11-25-15/h1-3,6,11,13-14H,4-5,7-10,12H2/p+1/t13-,14-/m1/s1. The van der Waals surface area contributed by atoms with Crippen LogP contribution in [-0.4, -0.2) is 62.3 Å². The largest absolute Gasteiger partial charge is 0.315 e. The molecule has 2 atom stereocenters. The minimum atomic E-state index is -3.43. The van der Waals surface area contributed by atoms with Crippen molar-refractivity contribution in [3.05, 3.63) is 29.7 Å². The van der Waals surface area contributed by atoms with E-state index in [9.17, 15) is 18.0 Å². The summed E-state index contributed by atoms with van der Waals surface area (Å²) in [5.74, 6) is -0.532. The molecule has 0 saturated carbocycles. The van der Waals surface area contributed by atoms with Gasteiger partial charge in [-0.3, -0.25) is 9.59 Å². The highest BCUT2D eigenvalue weighted by Crippen LogP contribution is 2.34. The van der Waals surface area contributed by atoms with Gasteiger partial charge in [0.25, 0.3) is 10.0 Å². The molecule has 26 heavy (non-hydrogen) atoms. The number of allylic oxidation sites excluding steroid dienone is 2. The maximum Gasteiger partial charge on any atom is 0.252 e. The van der Waals surface area contributed by atoms with Crippen LogP contribution in [0, 0.1) is 11.8 Å².